The number of amides is 2. The number of fused-ring (bicyclic) bond motifs is 1. The number of carboxylic acid groups (broad SMARTS) is 1. The van der Waals surface area contributed by atoms with Crippen molar-refractivity contribution in [2.75, 3.05) is 17.6 Å². The Labute approximate surface area is 184 Å². The fourth-order valence-electron chi connectivity index (χ4n) is 3.31. The summed E-state index contributed by atoms with van der Waals surface area (Å²) in [4.78, 5) is 39.3. The lowest BCUT2D eigenvalue weighted by molar-refractivity contribution is -0.135. The third kappa shape index (κ3) is 6.06. The van der Waals surface area contributed by atoms with E-state index in [4.69, 9.17) is 5.11 Å². The maximum Gasteiger partial charge on any atom is 0.322 e. The molecule has 31 heavy (non-hydrogen) atoms. The molecule has 1 aliphatic carbocycles. The summed E-state index contributed by atoms with van der Waals surface area (Å²) in [7, 11) is 0. The van der Waals surface area contributed by atoms with Gasteiger partial charge in [-0.2, -0.15) is 5.26 Å². The Morgan fingerprint density at radius 3 is 2.71 bits per heavy atom. The summed E-state index contributed by atoms with van der Waals surface area (Å²) >= 11 is 1.22. The van der Waals surface area contributed by atoms with Crippen LogP contribution in [0.5, 0.6) is 0 Å². The number of rotatable bonds is 7. The number of hydrogen-bond donors (Lipinski definition) is 3. The van der Waals surface area contributed by atoms with Crippen molar-refractivity contribution in [3.8, 4) is 6.07 Å². The molecule has 0 bridgehead atoms. The summed E-state index contributed by atoms with van der Waals surface area (Å²) < 4.78 is 0. The highest BCUT2D eigenvalue weighted by Crippen LogP contribution is 2.29. The van der Waals surface area contributed by atoms with Crippen LogP contribution in [0.15, 0.2) is 35.4 Å². The summed E-state index contributed by atoms with van der Waals surface area (Å²) in [6, 6.07) is 10.2. The number of aryl methyl sites for hydroxylation is 1. The van der Waals surface area contributed by atoms with Crippen LogP contribution >= 0.6 is 11.8 Å². The third-order valence-electron chi connectivity index (χ3n) is 4.89. The Hall–Kier alpha value is -3.38. The van der Waals surface area contributed by atoms with E-state index in [0.29, 0.717) is 27.8 Å². The van der Waals surface area contributed by atoms with Crippen LogP contribution in [0.2, 0.25) is 0 Å². The Morgan fingerprint density at radius 1 is 1.29 bits per heavy atom. The molecule has 0 fully saturated rings. The van der Waals surface area contributed by atoms with Gasteiger partial charge in [-0.15, -0.1) is 0 Å². The number of carbonyl (C=O) groups is 3. The van der Waals surface area contributed by atoms with Gasteiger partial charge in [0.15, 0.2) is 0 Å². The molecule has 0 aliphatic heterocycles. The number of nitriles is 1. The Kier molecular flexibility index (Phi) is 7.26. The van der Waals surface area contributed by atoms with Gasteiger partial charge in [0.05, 0.1) is 11.3 Å². The summed E-state index contributed by atoms with van der Waals surface area (Å²) in [5.41, 5.74) is 3.42. The van der Waals surface area contributed by atoms with Gasteiger partial charge in [0.1, 0.15) is 17.6 Å². The lowest BCUT2D eigenvalue weighted by atomic mass is 9.87. The van der Waals surface area contributed by atoms with Crippen LogP contribution in [0.1, 0.15) is 40.5 Å². The van der Waals surface area contributed by atoms with E-state index in [2.05, 4.69) is 28.6 Å². The van der Waals surface area contributed by atoms with Crippen molar-refractivity contribution in [3.63, 3.8) is 0 Å². The molecule has 9 heteroatoms. The van der Waals surface area contributed by atoms with Gasteiger partial charge in [0.25, 0.3) is 5.91 Å². The number of benzene rings is 1. The van der Waals surface area contributed by atoms with Crippen LogP contribution in [-0.4, -0.2) is 40.2 Å². The summed E-state index contributed by atoms with van der Waals surface area (Å²) in [6.45, 7) is 1.73. The molecule has 1 unspecified atom stereocenters. The standard InChI is InChI=1S/C22H22N4O4S/c1-13-2-7-18-15(8-13)9-16(10-23)22(26-18)31-12-19(27)25-17-5-3-14(4-6-17)21(30)24-11-20(28)29/h3-6,9,13H,2,7-8,11-12H2,1H3,(H,24,30)(H,25,27)(H,28,29). The summed E-state index contributed by atoms with van der Waals surface area (Å²) in [5, 5.41) is 23.6. The number of anilines is 1. The van der Waals surface area contributed by atoms with Crippen LogP contribution in [0.4, 0.5) is 5.69 Å². The number of hydrogen-bond acceptors (Lipinski definition) is 6. The van der Waals surface area contributed by atoms with E-state index in [1.54, 1.807) is 12.1 Å². The maximum atomic E-state index is 12.3. The van der Waals surface area contributed by atoms with Crippen molar-refractivity contribution in [1.29, 1.82) is 5.26 Å². The van der Waals surface area contributed by atoms with Crippen LogP contribution in [-0.2, 0) is 22.4 Å². The highest BCUT2D eigenvalue weighted by atomic mass is 32.2. The number of thioether (sulfide) groups is 1. The number of nitrogens with zero attached hydrogens (tertiary/aromatic N) is 2. The molecule has 0 radical (unpaired) electrons. The highest BCUT2D eigenvalue weighted by Gasteiger charge is 2.20. The van der Waals surface area contributed by atoms with Gasteiger partial charge in [-0.3, -0.25) is 14.4 Å². The zero-order valence-electron chi connectivity index (χ0n) is 17.0. The second-order valence-electron chi connectivity index (χ2n) is 7.40. The van der Waals surface area contributed by atoms with Gasteiger partial charge < -0.3 is 15.7 Å². The van der Waals surface area contributed by atoms with Crippen molar-refractivity contribution in [1.82, 2.24) is 10.3 Å². The van der Waals surface area contributed by atoms with Gasteiger partial charge in [0, 0.05) is 16.9 Å². The first-order valence-corrected chi connectivity index (χ1v) is 10.8. The van der Waals surface area contributed by atoms with E-state index in [0.717, 1.165) is 30.5 Å². The average molecular weight is 439 g/mol. The number of aromatic nitrogens is 1. The normalized spacial score (nSPS) is 14.8. The topological polar surface area (TPSA) is 132 Å². The summed E-state index contributed by atoms with van der Waals surface area (Å²) in [5.74, 6) is -1.22. The fourth-order valence-corrected chi connectivity index (χ4v) is 4.09. The lowest BCUT2D eigenvalue weighted by Gasteiger charge is -2.21. The Bertz CT molecular complexity index is 1050. The average Bonchev–Trinajstić information content (AvgIpc) is 2.75. The van der Waals surface area contributed by atoms with E-state index in [9.17, 15) is 19.6 Å². The fraction of sp³-hybridized carbons (Fsp3) is 0.318. The zero-order chi connectivity index (χ0) is 22.4. The van der Waals surface area contributed by atoms with Crippen molar-refractivity contribution < 1.29 is 19.5 Å². The quantitative estimate of drug-likeness (QED) is 0.566. The van der Waals surface area contributed by atoms with Crippen LogP contribution in [0.25, 0.3) is 0 Å². The molecule has 1 aromatic carbocycles. The largest absolute Gasteiger partial charge is 0.480 e. The van der Waals surface area contributed by atoms with E-state index in [1.165, 1.54) is 23.9 Å². The molecule has 0 saturated carbocycles. The Morgan fingerprint density at radius 2 is 2.03 bits per heavy atom. The van der Waals surface area contributed by atoms with E-state index < -0.39 is 18.4 Å². The number of carboxylic acids is 1. The van der Waals surface area contributed by atoms with Crippen LogP contribution in [0.3, 0.4) is 0 Å². The van der Waals surface area contributed by atoms with Crippen molar-refractivity contribution in [2.24, 2.45) is 5.92 Å². The van der Waals surface area contributed by atoms with E-state index >= 15 is 0 Å². The lowest BCUT2D eigenvalue weighted by Crippen LogP contribution is -2.29. The summed E-state index contributed by atoms with van der Waals surface area (Å²) in [6.07, 6.45) is 2.88. The molecule has 0 spiro atoms. The predicted octanol–water partition coefficient (Wildman–Crippen LogP) is 2.62. The predicted molar refractivity (Wildman–Crippen MR) is 116 cm³/mol. The van der Waals surface area contributed by atoms with Gasteiger partial charge in [-0.05, 0) is 61.1 Å². The third-order valence-corrected chi connectivity index (χ3v) is 5.88. The molecule has 1 aromatic heterocycles. The van der Waals surface area contributed by atoms with Crippen molar-refractivity contribution in [2.45, 2.75) is 31.2 Å². The molecule has 3 N–H and O–H groups in total. The molecule has 1 heterocycles. The molecule has 8 nitrogen and oxygen atoms in total. The molecule has 1 aliphatic rings. The molecular weight excluding hydrogens is 416 g/mol. The first kappa shape index (κ1) is 22.3. The minimum absolute atomic E-state index is 0.0950. The van der Waals surface area contributed by atoms with E-state index in [-0.39, 0.29) is 11.7 Å². The van der Waals surface area contributed by atoms with Crippen molar-refractivity contribution in [3.05, 3.63) is 52.7 Å². The van der Waals surface area contributed by atoms with Gasteiger partial charge in [-0.1, -0.05) is 18.7 Å². The number of pyridine rings is 1. The zero-order valence-corrected chi connectivity index (χ0v) is 17.8. The number of carbonyl (C=O) groups excluding carboxylic acids is 2. The van der Waals surface area contributed by atoms with Crippen LogP contribution in [0, 0.1) is 17.2 Å². The first-order chi connectivity index (χ1) is 14.9. The SMILES string of the molecule is CC1CCc2nc(SCC(=O)Nc3ccc(C(=O)NCC(=O)O)cc3)c(C#N)cc2C1. The minimum atomic E-state index is -1.13. The second-order valence-corrected chi connectivity index (χ2v) is 8.36. The van der Waals surface area contributed by atoms with E-state index in [1.807, 2.05) is 6.07 Å². The van der Waals surface area contributed by atoms with Crippen LogP contribution < -0.4 is 10.6 Å². The second kappa shape index (κ2) is 10.1. The smallest absolute Gasteiger partial charge is 0.322 e. The minimum Gasteiger partial charge on any atom is -0.480 e. The number of nitrogens with one attached hydrogen (secondary N) is 2. The van der Waals surface area contributed by atoms with Gasteiger partial charge in [-0.25, -0.2) is 4.98 Å². The molecule has 1 atom stereocenters. The number of aliphatic carboxylic acids is 1. The monoisotopic (exact) mass is 438 g/mol. The molecule has 160 valence electrons. The first-order valence-electron chi connectivity index (χ1n) is 9.81. The molecule has 0 saturated heterocycles. The van der Waals surface area contributed by atoms with Crippen molar-refractivity contribution >= 4 is 35.2 Å². The highest BCUT2D eigenvalue weighted by molar-refractivity contribution is 8.00. The molecule has 2 amide bonds. The maximum absolute atomic E-state index is 12.3. The Balaban J connectivity index is 1.57. The molecular formula is C22H22N4O4S. The van der Waals surface area contributed by atoms with Gasteiger partial charge in [0.2, 0.25) is 5.91 Å². The molecule has 2 aromatic rings. The van der Waals surface area contributed by atoms with Gasteiger partial charge >= 0.3 is 5.97 Å². The molecule has 3 rings (SSSR count).